The second-order valence-electron chi connectivity index (χ2n) is 6.90. The highest BCUT2D eigenvalue weighted by Crippen LogP contribution is 2.40. The average molecular weight is 283 g/mol. The molecule has 2 aromatic rings. The largest absolute Gasteiger partial charge is 0.440 e. The van der Waals surface area contributed by atoms with Crippen LogP contribution < -0.4 is 5.32 Å². The first-order valence-corrected chi connectivity index (χ1v) is 8.24. The van der Waals surface area contributed by atoms with Crippen molar-refractivity contribution in [2.75, 3.05) is 25.0 Å². The van der Waals surface area contributed by atoms with Gasteiger partial charge in [0.05, 0.1) is 0 Å². The molecule has 1 aliphatic carbocycles. The Morgan fingerprint density at radius 3 is 2.95 bits per heavy atom. The Labute approximate surface area is 124 Å². The third-order valence-electron chi connectivity index (χ3n) is 5.32. The van der Waals surface area contributed by atoms with Crippen LogP contribution in [0.2, 0.25) is 0 Å². The molecule has 1 N–H and O–H groups in total. The van der Waals surface area contributed by atoms with Crippen molar-refractivity contribution >= 4 is 16.8 Å². The van der Waals surface area contributed by atoms with Crippen molar-refractivity contribution in [2.45, 2.75) is 37.6 Å². The zero-order valence-electron chi connectivity index (χ0n) is 12.2. The van der Waals surface area contributed by atoms with Crippen LogP contribution in [0.25, 0.3) is 11.1 Å². The standard InChI is InChI=1S/C17H21N3O/c1-2-11(1)17-19-15-9-13(3-4-16(15)21-17)18-14-6-8-20-7-5-12(14)10-20/h3-4,9,11-12,14,18H,1-2,5-8,10H2. The van der Waals surface area contributed by atoms with Crippen LogP contribution in [0.4, 0.5) is 5.69 Å². The highest BCUT2D eigenvalue weighted by molar-refractivity contribution is 5.77. The molecule has 3 heterocycles. The molecule has 3 fully saturated rings. The van der Waals surface area contributed by atoms with Crippen molar-refractivity contribution in [2.24, 2.45) is 5.92 Å². The molecular weight excluding hydrogens is 262 g/mol. The summed E-state index contributed by atoms with van der Waals surface area (Å²) in [7, 11) is 0. The van der Waals surface area contributed by atoms with Gasteiger partial charge >= 0.3 is 0 Å². The molecule has 0 spiro atoms. The monoisotopic (exact) mass is 283 g/mol. The Morgan fingerprint density at radius 1 is 1.14 bits per heavy atom. The van der Waals surface area contributed by atoms with E-state index in [2.05, 4.69) is 33.4 Å². The molecule has 1 aromatic heterocycles. The summed E-state index contributed by atoms with van der Waals surface area (Å²) in [6.07, 6.45) is 5.07. The van der Waals surface area contributed by atoms with Crippen LogP contribution in [-0.2, 0) is 0 Å². The smallest absolute Gasteiger partial charge is 0.198 e. The normalized spacial score (nSPS) is 31.7. The number of aromatic nitrogens is 1. The molecule has 2 bridgehead atoms. The highest BCUT2D eigenvalue weighted by atomic mass is 16.3. The summed E-state index contributed by atoms with van der Waals surface area (Å²) in [6.45, 7) is 3.80. The molecular formula is C17H21N3O. The SMILES string of the molecule is c1cc2oc(C3CC3)nc2cc1NC1CCN2CCC1C2. The zero-order chi connectivity index (χ0) is 13.8. The predicted molar refractivity (Wildman–Crippen MR) is 82.6 cm³/mol. The van der Waals surface area contributed by atoms with Crippen molar-refractivity contribution in [3.63, 3.8) is 0 Å². The quantitative estimate of drug-likeness (QED) is 0.939. The first-order valence-electron chi connectivity index (χ1n) is 8.24. The summed E-state index contributed by atoms with van der Waals surface area (Å²) in [5.74, 6) is 2.33. The molecule has 1 saturated carbocycles. The van der Waals surface area contributed by atoms with Crippen molar-refractivity contribution in [1.29, 1.82) is 0 Å². The van der Waals surface area contributed by atoms with E-state index in [-0.39, 0.29) is 0 Å². The van der Waals surface area contributed by atoms with Gasteiger partial charge in [-0.1, -0.05) is 0 Å². The van der Waals surface area contributed by atoms with Crippen LogP contribution in [0.5, 0.6) is 0 Å². The molecule has 3 atom stereocenters. The van der Waals surface area contributed by atoms with Gasteiger partial charge in [0.1, 0.15) is 5.52 Å². The Bertz CT molecular complexity index is 676. The minimum atomic E-state index is 0.580. The second kappa shape index (κ2) is 4.47. The van der Waals surface area contributed by atoms with Crippen molar-refractivity contribution in [1.82, 2.24) is 9.88 Å². The lowest BCUT2D eigenvalue weighted by molar-refractivity contribution is 0.255. The summed E-state index contributed by atoms with van der Waals surface area (Å²) in [6, 6.07) is 6.99. The van der Waals surface area contributed by atoms with Gasteiger partial charge in [0.2, 0.25) is 0 Å². The number of nitrogens with one attached hydrogen (secondary N) is 1. The molecule has 21 heavy (non-hydrogen) atoms. The Balaban J connectivity index is 1.39. The molecule has 3 unspecified atom stereocenters. The number of oxazole rings is 1. The number of rotatable bonds is 3. The first kappa shape index (κ1) is 12.0. The van der Waals surface area contributed by atoms with Crippen LogP contribution in [0.3, 0.4) is 0 Å². The lowest BCUT2D eigenvalue weighted by Crippen LogP contribution is -2.39. The van der Waals surface area contributed by atoms with Gasteiger partial charge in [-0.05, 0) is 56.3 Å². The van der Waals surface area contributed by atoms with E-state index in [1.807, 2.05) is 0 Å². The van der Waals surface area contributed by atoms with E-state index in [1.165, 1.54) is 51.0 Å². The third kappa shape index (κ3) is 2.13. The summed E-state index contributed by atoms with van der Waals surface area (Å²) in [5.41, 5.74) is 3.13. The molecule has 2 aliphatic heterocycles. The van der Waals surface area contributed by atoms with E-state index in [4.69, 9.17) is 4.42 Å². The van der Waals surface area contributed by atoms with Gasteiger partial charge in [0, 0.05) is 30.7 Å². The van der Waals surface area contributed by atoms with E-state index in [0.29, 0.717) is 12.0 Å². The van der Waals surface area contributed by atoms with Crippen LogP contribution in [0, 0.1) is 5.92 Å². The van der Waals surface area contributed by atoms with Crippen LogP contribution >= 0.6 is 0 Å². The number of piperidine rings is 1. The van der Waals surface area contributed by atoms with Crippen LogP contribution in [-0.4, -0.2) is 35.6 Å². The second-order valence-corrected chi connectivity index (χ2v) is 6.90. The first-order chi connectivity index (χ1) is 10.3. The fourth-order valence-electron chi connectivity index (χ4n) is 3.90. The van der Waals surface area contributed by atoms with Crippen molar-refractivity contribution < 1.29 is 4.42 Å². The molecule has 1 aromatic carbocycles. The number of nitrogens with zero attached hydrogens (tertiary/aromatic N) is 2. The lowest BCUT2D eigenvalue weighted by atomic mass is 9.94. The summed E-state index contributed by atoms with van der Waals surface area (Å²) in [4.78, 5) is 7.25. The Kier molecular flexibility index (Phi) is 2.56. The van der Waals surface area contributed by atoms with E-state index in [9.17, 15) is 0 Å². The Morgan fingerprint density at radius 2 is 2.05 bits per heavy atom. The predicted octanol–water partition coefficient (Wildman–Crippen LogP) is 3.21. The van der Waals surface area contributed by atoms with Gasteiger partial charge in [-0.15, -0.1) is 0 Å². The molecule has 4 heteroatoms. The summed E-state index contributed by atoms with van der Waals surface area (Å²) < 4.78 is 5.84. The average Bonchev–Trinajstić information content (AvgIpc) is 3.15. The maximum Gasteiger partial charge on any atom is 0.198 e. The minimum Gasteiger partial charge on any atom is -0.440 e. The molecule has 0 amide bonds. The molecule has 4 nitrogen and oxygen atoms in total. The maximum atomic E-state index is 5.84. The zero-order valence-corrected chi connectivity index (χ0v) is 12.2. The highest BCUT2D eigenvalue weighted by Gasteiger charge is 2.34. The lowest BCUT2D eigenvalue weighted by Gasteiger charge is -2.31. The van der Waals surface area contributed by atoms with Gasteiger partial charge in [-0.2, -0.15) is 0 Å². The fraction of sp³-hybridized carbons (Fsp3) is 0.588. The van der Waals surface area contributed by atoms with E-state index < -0.39 is 0 Å². The minimum absolute atomic E-state index is 0.580. The maximum absolute atomic E-state index is 5.84. The van der Waals surface area contributed by atoms with Gasteiger partial charge in [-0.25, -0.2) is 4.98 Å². The van der Waals surface area contributed by atoms with E-state index in [1.54, 1.807) is 0 Å². The molecule has 5 rings (SSSR count). The summed E-state index contributed by atoms with van der Waals surface area (Å²) >= 11 is 0. The van der Waals surface area contributed by atoms with Crippen molar-refractivity contribution in [3.05, 3.63) is 24.1 Å². The number of benzene rings is 1. The van der Waals surface area contributed by atoms with Gasteiger partial charge in [0.15, 0.2) is 11.5 Å². The molecule has 110 valence electrons. The molecule has 2 saturated heterocycles. The number of fused-ring (bicyclic) bond motifs is 3. The van der Waals surface area contributed by atoms with E-state index >= 15 is 0 Å². The van der Waals surface area contributed by atoms with Crippen LogP contribution in [0.15, 0.2) is 22.6 Å². The van der Waals surface area contributed by atoms with Crippen LogP contribution in [0.1, 0.15) is 37.5 Å². The third-order valence-corrected chi connectivity index (χ3v) is 5.32. The molecule has 3 aliphatic rings. The number of hydrogen-bond donors (Lipinski definition) is 1. The summed E-state index contributed by atoms with van der Waals surface area (Å²) in [5, 5.41) is 3.75. The van der Waals surface area contributed by atoms with Gasteiger partial charge < -0.3 is 14.6 Å². The topological polar surface area (TPSA) is 41.3 Å². The van der Waals surface area contributed by atoms with Crippen molar-refractivity contribution in [3.8, 4) is 0 Å². The van der Waals surface area contributed by atoms with Gasteiger partial charge in [-0.3, -0.25) is 0 Å². The molecule has 0 radical (unpaired) electrons. The van der Waals surface area contributed by atoms with E-state index in [0.717, 1.165) is 22.9 Å². The fourth-order valence-corrected chi connectivity index (χ4v) is 3.90. The Hall–Kier alpha value is -1.55. The number of hydrogen-bond acceptors (Lipinski definition) is 4. The number of anilines is 1. The van der Waals surface area contributed by atoms with Gasteiger partial charge in [0.25, 0.3) is 0 Å².